The number of nitrogens with two attached hydrogens (primary N) is 1. The van der Waals surface area contributed by atoms with Crippen molar-refractivity contribution in [3.05, 3.63) is 34.9 Å². The first kappa shape index (κ1) is 15.3. The van der Waals surface area contributed by atoms with E-state index >= 15 is 0 Å². The maximum atomic E-state index is 12.1. The molecule has 110 valence electrons. The number of carbonyl (C=O) groups excluding carboxylic acids is 1. The van der Waals surface area contributed by atoms with Crippen molar-refractivity contribution in [3.63, 3.8) is 0 Å². The maximum Gasteiger partial charge on any atom is 0.234 e. The van der Waals surface area contributed by atoms with Gasteiger partial charge in [0.15, 0.2) is 0 Å². The van der Waals surface area contributed by atoms with E-state index in [0.29, 0.717) is 11.6 Å². The Hall–Kier alpha value is -1.10. The van der Waals surface area contributed by atoms with E-state index in [0.717, 1.165) is 31.5 Å². The number of nitrogens with zero attached hydrogens (tertiary/aromatic N) is 1. The third-order valence-corrected chi connectivity index (χ3v) is 4.09. The third kappa shape index (κ3) is 4.20. The summed E-state index contributed by atoms with van der Waals surface area (Å²) in [5, 5.41) is 3.68. The Morgan fingerprint density at radius 2 is 2.10 bits per heavy atom. The highest BCUT2D eigenvalue weighted by Gasteiger charge is 2.19. The van der Waals surface area contributed by atoms with E-state index in [1.165, 1.54) is 0 Å². The molecule has 20 heavy (non-hydrogen) atoms. The molecule has 0 saturated carbocycles. The Labute approximate surface area is 125 Å². The van der Waals surface area contributed by atoms with Crippen LogP contribution in [0.3, 0.4) is 0 Å². The smallest absolute Gasteiger partial charge is 0.234 e. The van der Waals surface area contributed by atoms with E-state index < -0.39 is 0 Å². The van der Waals surface area contributed by atoms with Crippen molar-refractivity contribution >= 4 is 17.5 Å². The lowest BCUT2D eigenvalue weighted by atomic mass is 10.1. The van der Waals surface area contributed by atoms with Gasteiger partial charge in [0.2, 0.25) is 5.91 Å². The summed E-state index contributed by atoms with van der Waals surface area (Å²) in [7, 11) is 0. The molecule has 1 aliphatic rings. The quantitative estimate of drug-likeness (QED) is 0.892. The molecule has 1 heterocycles. The van der Waals surface area contributed by atoms with E-state index in [9.17, 15) is 4.79 Å². The molecule has 4 nitrogen and oxygen atoms in total. The summed E-state index contributed by atoms with van der Waals surface area (Å²) < 4.78 is 0. The molecular weight excluding hydrogens is 274 g/mol. The van der Waals surface area contributed by atoms with Gasteiger partial charge in [-0.05, 0) is 31.4 Å². The number of amides is 1. The van der Waals surface area contributed by atoms with Gasteiger partial charge in [-0.15, -0.1) is 0 Å². The summed E-state index contributed by atoms with van der Waals surface area (Å²) >= 11 is 6.13. The van der Waals surface area contributed by atoms with Gasteiger partial charge < -0.3 is 11.1 Å². The number of hydrogen-bond acceptors (Lipinski definition) is 3. The first-order valence-electron chi connectivity index (χ1n) is 7.08. The van der Waals surface area contributed by atoms with E-state index in [1.54, 1.807) is 0 Å². The topological polar surface area (TPSA) is 58.4 Å². The number of rotatable bonds is 4. The van der Waals surface area contributed by atoms with Crippen molar-refractivity contribution in [2.45, 2.75) is 31.8 Å². The van der Waals surface area contributed by atoms with Gasteiger partial charge in [-0.2, -0.15) is 0 Å². The molecule has 1 aromatic carbocycles. The molecule has 1 saturated heterocycles. The van der Waals surface area contributed by atoms with E-state index in [1.807, 2.05) is 31.2 Å². The first-order valence-corrected chi connectivity index (χ1v) is 7.46. The minimum absolute atomic E-state index is 0.0351. The molecule has 1 aliphatic heterocycles. The molecule has 0 radical (unpaired) electrons. The van der Waals surface area contributed by atoms with Crippen LogP contribution in [0.15, 0.2) is 24.3 Å². The zero-order valence-corrected chi connectivity index (χ0v) is 12.6. The van der Waals surface area contributed by atoms with Gasteiger partial charge in [-0.3, -0.25) is 9.69 Å². The standard InChI is InChI=1S/C15H22ClN3O/c1-11(13-4-2-3-5-14(13)16)18-15(20)10-19-8-6-12(17)7-9-19/h2-5,11-12H,6-10,17H2,1H3,(H,18,20)/t11-/m0/s1. The first-order chi connectivity index (χ1) is 9.56. The van der Waals surface area contributed by atoms with Crippen LogP contribution in [0, 0.1) is 0 Å². The summed E-state index contributed by atoms with van der Waals surface area (Å²) in [6, 6.07) is 7.80. The van der Waals surface area contributed by atoms with Crippen LogP contribution in [-0.2, 0) is 4.79 Å². The number of nitrogens with one attached hydrogen (secondary N) is 1. The van der Waals surface area contributed by atoms with Crippen LogP contribution in [0.5, 0.6) is 0 Å². The Kier molecular flexibility index (Phi) is 5.40. The highest BCUT2D eigenvalue weighted by atomic mass is 35.5. The van der Waals surface area contributed by atoms with Crippen molar-refractivity contribution in [2.75, 3.05) is 19.6 Å². The fourth-order valence-electron chi connectivity index (χ4n) is 2.51. The molecule has 0 aromatic heterocycles. The molecule has 1 fully saturated rings. The molecule has 1 aromatic rings. The fraction of sp³-hybridized carbons (Fsp3) is 0.533. The second-order valence-corrected chi connectivity index (χ2v) is 5.83. The van der Waals surface area contributed by atoms with Gasteiger partial charge in [0, 0.05) is 24.2 Å². The van der Waals surface area contributed by atoms with Crippen LogP contribution < -0.4 is 11.1 Å². The molecule has 0 bridgehead atoms. The number of benzene rings is 1. The third-order valence-electron chi connectivity index (χ3n) is 3.75. The van der Waals surface area contributed by atoms with E-state index in [2.05, 4.69) is 10.2 Å². The average Bonchev–Trinajstić information content (AvgIpc) is 2.41. The number of piperidine rings is 1. The molecule has 0 spiro atoms. The molecule has 1 amide bonds. The Morgan fingerprint density at radius 1 is 1.45 bits per heavy atom. The lowest BCUT2D eigenvalue weighted by Gasteiger charge is -2.29. The van der Waals surface area contributed by atoms with Crippen LogP contribution in [0.2, 0.25) is 5.02 Å². The summed E-state index contributed by atoms with van der Waals surface area (Å²) in [5.74, 6) is 0.0351. The van der Waals surface area contributed by atoms with Gasteiger partial charge in [0.1, 0.15) is 0 Å². The molecule has 3 N–H and O–H groups in total. The van der Waals surface area contributed by atoms with Crippen LogP contribution in [0.25, 0.3) is 0 Å². The Morgan fingerprint density at radius 3 is 2.75 bits per heavy atom. The molecule has 0 aliphatic carbocycles. The lowest BCUT2D eigenvalue weighted by molar-refractivity contribution is -0.123. The van der Waals surface area contributed by atoms with Crippen molar-refractivity contribution in [1.82, 2.24) is 10.2 Å². The second kappa shape index (κ2) is 7.07. The zero-order valence-electron chi connectivity index (χ0n) is 11.8. The molecular formula is C15H22ClN3O. The number of halogens is 1. The van der Waals surface area contributed by atoms with E-state index in [4.69, 9.17) is 17.3 Å². The van der Waals surface area contributed by atoms with Crippen molar-refractivity contribution in [3.8, 4) is 0 Å². The number of hydrogen-bond donors (Lipinski definition) is 2. The Bertz CT molecular complexity index is 458. The summed E-state index contributed by atoms with van der Waals surface area (Å²) in [4.78, 5) is 14.2. The average molecular weight is 296 g/mol. The maximum absolute atomic E-state index is 12.1. The molecule has 0 unspecified atom stereocenters. The van der Waals surface area contributed by atoms with Gasteiger partial charge >= 0.3 is 0 Å². The minimum Gasteiger partial charge on any atom is -0.348 e. The van der Waals surface area contributed by atoms with Crippen LogP contribution in [0.4, 0.5) is 0 Å². The van der Waals surface area contributed by atoms with Crippen molar-refractivity contribution in [2.24, 2.45) is 5.73 Å². The molecule has 1 atom stereocenters. The summed E-state index contributed by atoms with van der Waals surface area (Å²) in [5.41, 5.74) is 6.81. The van der Waals surface area contributed by atoms with Gasteiger partial charge in [0.05, 0.1) is 12.6 Å². The van der Waals surface area contributed by atoms with Gasteiger partial charge in [0.25, 0.3) is 0 Å². The predicted octanol–water partition coefficient (Wildman–Crippen LogP) is 1.94. The zero-order chi connectivity index (χ0) is 14.5. The van der Waals surface area contributed by atoms with Crippen molar-refractivity contribution in [1.29, 1.82) is 0 Å². The summed E-state index contributed by atoms with van der Waals surface area (Å²) in [6.45, 7) is 4.18. The molecule has 5 heteroatoms. The van der Waals surface area contributed by atoms with Crippen LogP contribution >= 0.6 is 11.6 Å². The normalized spacial score (nSPS) is 18.8. The van der Waals surface area contributed by atoms with Crippen LogP contribution in [0.1, 0.15) is 31.4 Å². The number of likely N-dealkylation sites (tertiary alicyclic amines) is 1. The highest BCUT2D eigenvalue weighted by molar-refractivity contribution is 6.31. The van der Waals surface area contributed by atoms with Crippen molar-refractivity contribution < 1.29 is 4.79 Å². The fourth-order valence-corrected chi connectivity index (χ4v) is 2.80. The lowest BCUT2D eigenvalue weighted by Crippen LogP contribution is -2.44. The SMILES string of the molecule is C[C@H](NC(=O)CN1CCC(N)CC1)c1ccccc1Cl. The second-order valence-electron chi connectivity index (χ2n) is 5.42. The minimum atomic E-state index is -0.0803. The monoisotopic (exact) mass is 295 g/mol. The summed E-state index contributed by atoms with van der Waals surface area (Å²) in [6.07, 6.45) is 1.93. The highest BCUT2D eigenvalue weighted by Crippen LogP contribution is 2.22. The van der Waals surface area contributed by atoms with Crippen LogP contribution in [-0.4, -0.2) is 36.5 Å². The Balaban J connectivity index is 1.84. The van der Waals surface area contributed by atoms with E-state index in [-0.39, 0.29) is 18.0 Å². The predicted molar refractivity (Wildman–Crippen MR) is 81.7 cm³/mol. The number of carbonyl (C=O) groups is 1. The van der Waals surface area contributed by atoms with Gasteiger partial charge in [-0.25, -0.2) is 0 Å². The molecule has 2 rings (SSSR count). The van der Waals surface area contributed by atoms with Gasteiger partial charge in [-0.1, -0.05) is 29.8 Å². The largest absolute Gasteiger partial charge is 0.348 e.